The molecule has 0 spiro atoms. The van der Waals surface area contributed by atoms with E-state index in [1.54, 1.807) is 0 Å². The molecule has 1 aromatic heterocycles. The van der Waals surface area contributed by atoms with Gasteiger partial charge in [0.25, 0.3) is 0 Å². The standard InChI is InChI=1S/C49H53NO4/c1-30(51)53-45(33-14-22-38(23-15-33)48(6,7)8)35-18-26-42-40(28-35)44(32-12-20-37(21-13-32)47(3,4)5)41-29-36(19-27-43(41)50-42)46(54-31(2)52)34-16-24-39(25-17-34)49(9,10)11/h12-29,45-46H,1-11H3. The highest BCUT2D eigenvalue weighted by atomic mass is 16.5. The van der Waals surface area contributed by atoms with Crippen LogP contribution >= 0.6 is 0 Å². The van der Waals surface area contributed by atoms with Crippen LogP contribution in [0.2, 0.25) is 0 Å². The summed E-state index contributed by atoms with van der Waals surface area (Å²) in [5, 5.41) is 1.87. The summed E-state index contributed by atoms with van der Waals surface area (Å²) < 4.78 is 12.1. The zero-order valence-electron chi connectivity index (χ0n) is 33.6. The van der Waals surface area contributed by atoms with E-state index < -0.39 is 12.2 Å². The van der Waals surface area contributed by atoms with Crippen LogP contribution in [-0.2, 0) is 35.3 Å². The van der Waals surface area contributed by atoms with E-state index >= 15 is 0 Å². The van der Waals surface area contributed by atoms with E-state index in [-0.39, 0.29) is 28.2 Å². The highest BCUT2D eigenvalue weighted by Gasteiger charge is 2.24. The summed E-state index contributed by atoms with van der Waals surface area (Å²) in [4.78, 5) is 30.3. The zero-order valence-corrected chi connectivity index (χ0v) is 33.6. The molecule has 1 heterocycles. The lowest BCUT2D eigenvalue weighted by atomic mass is 9.85. The molecule has 6 rings (SSSR count). The fraction of sp³-hybridized carbons (Fsp3) is 0.327. The molecule has 0 fully saturated rings. The van der Waals surface area contributed by atoms with Crippen LogP contribution in [0.15, 0.2) is 109 Å². The monoisotopic (exact) mass is 719 g/mol. The van der Waals surface area contributed by atoms with E-state index in [0.717, 1.165) is 55.2 Å². The largest absolute Gasteiger partial charge is 0.453 e. The Morgan fingerprint density at radius 2 is 0.778 bits per heavy atom. The lowest BCUT2D eigenvalue weighted by Crippen LogP contribution is -2.13. The normalized spacial score (nSPS) is 13.5. The molecule has 0 N–H and O–H groups in total. The van der Waals surface area contributed by atoms with E-state index in [4.69, 9.17) is 14.5 Å². The fourth-order valence-electron chi connectivity index (χ4n) is 7.06. The minimum atomic E-state index is -0.608. The van der Waals surface area contributed by atoms with Gasteiger partial charge in [-0.25, -0.2) is 4.98 Å². The summed E-state index contributed by atoms with van der Waals surface area (Å²) in [7, 11) is 0. The van der Waals surface area contributed by atoms with Gasteiger partial charge in [0.1, 0.15) is 0 Å². The van der Waals surface area contributed by atoms with Gasteiger partial charge in [-0.05, 0) is 85.0 Å². The van der Waals surface area contributed by atoms with E-state index in [9.17, 15) is 9.59 Å². The predicted octanol–water partition coefficient (Wildman–Crippen LogP) is 12.3. The average Bonchev–Trinajstić information content (AvgIpc) is 3.10. The smallest absolute Gasteiger partial charge is 0.303 e. The van der Waals surface area contributed by atoms with Gasteiger partial charge in [-0.1, -0.05) is 147 Å². The second-order valence-electron chi connectivity index (χ2n) is 17.6. The van der Waals surface area contributed by atoms with E-state index in [1.165, 1.54) is 30.5 Å². The van der Waals surface area contributed by atoms with Gasteiger partial charge in [-0.15, -0.1) is 0 Å². The minimum Gasteiger partial charge on any atom is -0.453 e. The summed E-state index contributed by atoms with van der Waals surface area (Å²) >= 11 is 0. The molecule has 0 bridgehead atoms. The van der Waals surface area contributed by atoms with E-state index in [0.29, 0.717) is 0 Å². The van der Waals surface area contributed by atoms with E-state index in [1.807, 2.05) is 24.3 Å². The quantitative estimate of drug-likeness (QED) is 0.121. The van der Waals surface area contributed by atoms with Gasteiger partial charge in [-0.2, -0.15) is 0 Å². The lowest BCUT2D eigenvalue weighted by Gasteiger charge is -2.23. The van der Waals surface area contributed by atoms with Crippen LogP contribution in [0.3, 0.4) is 0 Å². The van der Waals surface area contributed by atoms with E-state index in [2.05, 4.69) is 147 Å². The number of benzene rings is 5. The molecule has 5 nitrogen and oxygen atoms in total. The number of carbonyl (C=O) groups is 2. The number of aromatic nitrogens is 1. The number of fused-ring (bicyclic) bond motifs is 2. The van der Waals surface area contributed by atoms with Crippen molar-refractivity contribution in [2.75, 3.05) is 0 Å². The highest BCUT2D eigenvalue weighted by molar-refractivity contribution is 6.10. The summed E-state index contributed by atoms with van der Waals surface area (Å²) in [6.45, 7) is 22.6. The molecule has 0 saturated heterocycles. The van der Waals surface area contributed by atoms with Crippen LogP contribution in [0.25, 0.3) is 32.9 Å². The molecule has 0 radical (unpaired) electrons. The molecule has 6 aromatic rings. The first kappa shape index (κ1) is 38.4. The van der Waals surface area contributed by atoms with Crippen molar-refractivity contribution < 1.29 is 19.1 Å². The third kappa shape index (κ3) is 8.26. The topological polar surface area (TPSA) is 65.5 Å². The Labute approximate surface area is 320 Å². The second-order valence-corrected chi connectivity index (χ2v) is 17.6. The molecule has 0 amide bonds. The van der Waals surface area contributed by atoms with Crippen LogP contribution in [0.4, 0.5) is 0 Å². The lowest BCUT2D eigenvalue weighted by molar-refractivity contribution is -0.145. The fourth-order valence-corrected chi connectivity index (χ4v) is 7.06. The first-order chi connectivity index (χ1) is 25.3. The Morgan fingerprint density at radius 3 is 1.09 bits per heavy atom. The van der Waals surface area contributed by atoms with Crippen LogP contribution in [0, 0.1) is 0 Å². The zero-order chi connectivity index (χ0) is 39.2. The highest BCUT2D eigenvalue weighted by Crippen LogP contribution is 2.41. The molecular weight excluding hydrogens is 667 g/mol. The van der Waals surface area contributed by atoms with Gasteiger partial charge >= 0.3 is 11.9 Å². The number of rotatable bonds is 7. The maximum atomic E-state index is 12.6. The molecule has 0 aliphatic carbocycles. The number of hydrogen-bond donors (Lipinski definition) is 0. The van der Waals surface area contributed by atoms with Crippen molar-refractivity contribution in [1.29, 1.82) is 0 Å². The average molecular weight is 720 g/mol. The Kier molecular flexibility index (Phi) is 10.3. The SMILES string of the molecule is CC(=O)OC(c1ccc(C(C)(C)C)cc1)c1ccc2nc3ccc(C(OC(C)=O)c4ccc(C(C)(C)C)cc4)cc3c(-c3ccc(C(C)(C)C)cc3)c2c1. The third-order valence-electron chi connectivity index (χ3n) is 10.2. The molecule has 54 heavy (non-hydrogen) atoms. The van der Waals surface area contributed by atoms with Gasteiger partial charge in [-0.3, -0.25) is 9.59 Å². The Hall–Kier alpha value is -5.29. The Morgan fingerprint density at radius 1 is 0.463 bits per heavy atom. The van der Waals surface area contributed by atoms with Crippen LogP contribution in [-0.4, -0.2) is 16.9 Å². The number of nitrogens with zero attached hydrogens (tertiary/aromatic N) is 1. The third-order valence-corrected chi connectivity index (χ3v) is 10.2. The Bertz CT molecular complexity index is 2180. The molecule has 2 unspecified atom stereocenters. The number of esters is 2. The van der Waals surface area contributed by atoms with Crippen LogP contribution in [0.1, 0.15) is 127 Å². The van der Waals surface area contributed by atoms with Crippen molar-refractivity contribution in [1.82, 2.24) is 4.98 Å². The van der Waals surface area contributed by atoms with Crippen molar-refractivity contribution in [2.24, 2.45) is 0 Å². The van der Waals surface area contributed by atoms with Crippen molar-refractivity contribution in [3.8, 4) is 11.1 Å². The molecule has 0 saturated carbocycles. The molecule has 0 aliphatic rings. The molecule has 2 atom stereocenters. The van der Waals surface area contributed by atoms with Crippen LogP contribution in [0.5, 0.6) is 0 Å². The maximum Gasteiger partial charge on any atom is 0.303 e. The molecule has 0 aliphatic heterocycles. The van der Waals surface area contributed by atoms with Gasteiger partial charge in [0.2, 0.25) is 0 Å². The number of hydrogen-bond acceptors (Lipinski definition) is 5. The first-order valence-corrected chi connectivity index (χ1v) is 18.8. The van der Waals surface area contributed by atoms with Crippen molar-refractivity contribution >= 4 is 33.7 Å². The number of pyridine rings is 1. The minimum absolute atomic E-state index is 0.00816. The summed E-state index contributed by atoms with van der Waals surface area (Å²) in [5.41, 5.74) is 10.8. The van der Waals surface area contributed by atoms with Gasteiger partial charge in [0.05, 0.1) is 11.0 Å². The summed E-state index contributed by atoms with van der Waals surface area (Å²) in [6.07, 6.45) is -1.22. The van der Waals surface area contributed by atoms with Gasteiger partial charge in [0.15, 0.2) is 12.2 Å². The Balaban J connectivity index is 1.59. The van der Waals surface area contributed by atoms with Crippen molar-refractivity contribution in [2.45, 2.75) is 105 Å². The predicted molar refractivity (Wildman–Crippen MR) is 221 cm³/mol. The summed E-state index contributed by atoms with van der Waals surface area (Å²) in [6, 6.07) is 37.7. The van der Waals surface area contributed by atoms with Crippen molar-refractivity contribution in [3.63, 3.8) is 0 Å². The van der Waals surface area contributed by atoms with Gasteiger partial charge in [0, 0.05) is 30.2 Å². The number of ether oxygens (including phenoxy) is 2. The maximum absolute atomic E-state index is 12.6. The second kappa shape index (κ2) is 14.5. The first-order valence-electron chi connectivity index (χ1n) is 18.8. The van der Waals surface area contributed by atoms with Crippen LogP contribution < -0.4 is 0 Å². The summed E-state index contributed by atoms with van der Waals surface area (Å²) in [5.74, 6) is -0.711. The molecule has 278 valence electrons. The molecule has 5 aromatic carbocycles. The van der Waals surface area contributed by atoms with Crippen molar-refractivity contribution in [3.05, 3.63) is 148 Å². The number of carbonyl (C=O) groups excluding carboxylic acids is 2. The van der Waals surface area contributed by atoms with Gasteiger partial charge < -0.3 is 9.47 Å². The molecular formula is C49H53NO4. The molecule has 5 heteroatoms.